The molecule has 0 saturated heterocycles. The molecule has 0 radical (unpaired) electrons. The van der Waals surface area contributed by atoms with Gasteiger partial charge in [-0.2, -0.15) is 0 Å². The summed E-state index contributed by atoms with van der Waals surface area (Å²) in [5.74, 6) is -0.460. The van der Waals surface area contributed by atoms with Gasteiger partial charge in [-0.05, 0) is 52.9 Å². The quantitative estimate of drug-likeness (QED) is 0.666. The first kappa shape index (κ1) is 12.3. The van der Waals surface area contributed by atoms with Crippen LogP contribution in [0.4, 0.5) is 14.7 Å². The minimum absolute atomic E-state index is 0.241. The van der Waals surface area contributed by atoms with Crippen LogP contribution in [0.15, 0.2) is 36.4 Å². The second-order valence-electron chi connectivity index (χ2n) is 4.03. The molecule has 0 amide bonds. The van der Waals surface area contributed by atoms with Gasteiger partial charge in [-0.25, -0.2) is 13.8 Å². The fraction of sp³-hybridized carbons (Fsp3) is 0. The van der Waals surface area contributed by atoms with Crippen LogP contribution in [-0.4, -0.2) is 9.55 Å². The molecule has 6 heteroatoms. The second-order valence-corrected chi connectivity index (χ2v) is 5.20. The maximum atomic E-state index is 13.4. The molecule has 0 saturated carbocycles. The summed E-state index contributed by atoms with van der Waals surface area (Å²) in [5.41, 5.74) is 7.70. The van der Waals surface area contributed by atoms with Crippen LogP contribution in [0.25, 0.3) is 16.7 Å². The summed E-state index contributed by atoms with van der Waals surface area (Å²) < 4.78 is 28.8. The molecule has 0 unspecified atom stereocenters. The molecule has 0 aliphatic heterocycles. The van der Waals surface area contributed by atoms with Gasteiger partial charge in [0.1, 0.15) is 11.6 Å². The first-order valence-electron chi connectivity index (χ1n) is 5.45. The Labute approximate surface area is 121 Å². The first-order chi connectivity index (χ1) is 9.06. The minimum atomic E-state index is -0.370. The number of hydrogen-bond donors (Lipinski definition) is 1. The number of halogens is 3. The molecule has 0 aliphatic carbocycles. The van der Waals surface area contributed by atoms with Crippen molar-refractivity contribution in [2.45, 2.75) is 0 Å². The summed E-state index contributed by atoms with van der Waals surface area (Å²) in [6.07, 6.45) is 0. The maximum absolute atomic E-state index is 13.4. The molecule has 3 nitrogen and oxygen atoms in total. The van der Waals surface area contributed by atoms with E-state index in [9.17, 15) is 8.78 Å². The van der Waals surface area contributed by atoms with Gasteiger partial charge in [0.25, 0.3) is 0 Å². The normalized spacial score (nSPS) is 11.1. The molecule has 3 rings (SSSR count). The standard InChI is InChI=1S/C13H8F2IN3/c14-7-2-4-11(9(16)5-7)19-12-6-8(15)1-3-10(12)18-13(19)17/h1-6H,(H2,17,18). The summed E-state index contributed by atoms with van der Waals surface area (Å²) in [5, 5.41) is 0. The van der Waals surface area contributed by atoms with E-state index >= 15 is 0 Å². The van der Waals surface area contributed by atoms with Crippen LogP contribution in [0, 0.1) is 15.2 Å². The number of anilines is 1. The van der Waals surface area contributed by atoms with E-state index in [-0.39, 0.29) is 17.6 Å². The third kappa shape index (κ3) is 2.05. The van der Waals surface area contributed by atoms with Crippen LogP contribution in [0.1, 0.15) is 0 Å². The molecular weight excluding hydrogens is 363 g/mol. The van der Waals surface area contributed by atoms with Gasteiger partial charge >= 0.3 is 0 Å². The van der Waals surface area contributed by atoms with E-state index in [4.69, 9.17) is 5.73 Å². The number of nitrogen functional groups attached to an aromatic ring is 1. The van der Waals surface area contributed by atoms with Gasteiger partial charge in [-0.3, -0.25) is 4.57 Å². The molecule has 96 valence electrons. The van der Waals surface area contributed by atoms with Crippen molar-refractivity contribution in [1.82, 2.24) is 9.55 Å². The molecule has 0 aliphatic rings. The number of nitrogens with two attached hydrogens (primary N) is 1. The molecule has 2 aromatic carbocycles. The van der Waals surface area contributed by atoms with Gasteiger partial charge in [0.15, 0.2) is 0 Å². The van der Waals surface area contributed by atoms with E-state index in [1.165, 1.54) is 24.3 Å². The van der Waals surface area contributed by atoms with E-state index in [1.54, 1.807) is 16.7 Å². The van der Waals surface area contributed by atoms with Crippen molar-refractivity contribution in [2.24, 2.45) is 0 Å². The van der Waals surface area contributed by atoms with Crippen LogP contribution >= 0.6 is 22.6 Å². The van der Waals surface area contributed by atoms with Crippen LogP contribution in [0.2, 0.25) is 0 Å². The number of fused-ring (bicyclic) bond motifs is 1. The van der Waals surface area contributed by atoms with E-state index in [1.807, 2.05) is 22.6 Å². The van der Waals surface area contributed by atoms with Gasteiger partial charge in [0, 0.05) is 9.64 Å². The Morgan fingerprint density at radius 2 is 1.74 bits per heavy atom. The average molecular weight is 371 g/mol. The van der Waals surface area contributed by atoms with Crippen molar-refractivity contribution in [3.8, 4) is 5.69 Å². The highest BCUT2D eigenvalue weighted by Crippen LogP contribution is 2.27. The highest BCUT2D eigenvalue weighted by molar-refractivity contribution is 14.1. The van der Waals surface area contributed by atoms with Gasteiger partial charge in [0.2, 0.25) is 5.95 Å². The van der Waals surface area contributed by atoms with Crippen molar-refractivity contribution in [3.05, 3.63) is 51.6 Å². The minimum Gasteiger partial charge on any atom is -0.369 e. The number of rotatable bonds is 1. The molecule has 2 N–H and O–H groups in total. The lowest BCUT2D eigenvalue weighted by atomic mass is 10.2. The molecule has 3 aromatic rings. The Bertz CT molecular complexity index is 783. The zero-order chi connectivity index (χ0) is 13.6. The van der Waals surface area contributed by atoms with Crippen LogP contribution in [0.5, 0.6) is 0 Å². The monoisotopic (exact) mass is 371 g/mol. The molecule has 0 bridgehead atoms. The van der Waals surface area contributed by atoms with Crippen molar-refractivity contribution in [3.63, 3.8) is 0 Å². The largest absolute Gasteiger partial charge is 0.369 e. The molecule has 0 atom stereocenters. The van der Waals surface area contributed by atoms with Crippen LogP contribution in [-0.2, 0) is 0 Å². The fourth-order valence-corrected chi connectivity index (χ4v) is 2.70. The van der Waals surface area contributed by atoms with Gasteiger partial charge in [0.05, 0.1) is 16.7 Å². The zero-order valence-electron chi connectivity index (χ0n) is 9.57. The van der Waals surface area contributed by atoms with Crippen molar-refractivity contribution in [1.29, 1.82) is 0 Å². The first-order valence-corrected chi connectivity index (χ1v) is 6.53. The summed E-state index contributed by atoms with van der Waals surface area (Å²) in [6.45, 7) is 0. The maximum Gasteiger partial charge on any atom is 0.205 e. The lowest BCUT2D eigenvalue weighted by molar-refractivity contribution is 0.626. The Balaban J connectivity index is 2.35. The topological polar surface area (TPSA) is 43.8 Å². The predicted molar refractivity (Wildman–Crippen MR) is 78.1 cm³/mol. The Kier molecular flexibility index (Phi) is 2.89. The Hall–Kier alpha value is -1.70. The zero-order valence-corrected chi connectivity index (χ0v) is 11.7. The van der Waals surface area contributed by atoms with Gasteiger partial charge in [-0.1, -0.05) is 0 Å². The van der Waals surface area contributed by atoms with Crippen molar-refractivity contribution >= 4 is 39.6 Å². The van der Waals surface area contributed by atoms with Gasteiger partial charge < -0.3 is 5.73 Å². The summed E-state index contributed by atoms with van der Waals surface area (Å²) >= 11 is 2.01. The van der Waals surface area contributed by atoms with Crippen molar-refractivity contribution < 1.29 is 8.78 Å². The van der Waals surface area contributed by atoms with Gasteiger partial charge in [-0.15, -0.1) is 0 Å². The number of hydrogen-bond acceptors (Lipinski definition) is 2. The molecular formula is C13H8F2IN3. The molecule has 1 aromatic heterocycles. The SMILES string of the molecule is Nc1nc2ccc(F)cc2n1-c1ccc(F)cc1I. The number of benzene rings is 2. The smallest absolute Gasteiger partial charge is 0.205 e. The third-order valence-electron chi connectivity index (χ3n) is 2.79. The molecule has 1 heterocycles. The van der Waals surface area contributed by atoms with E-state index in [0.29, 0.717) is 20.3 Å². The lowest BCUT2D eigenvalue weighted by Gasteiger charge is -2.09. The number of nitrogens with zero attached hydrogens (tertiary/aromatic N) is 2. The van der Waals surface area contributed by atoms with E-state index in [2.05, 4.69) is 4.98 Å². The number of aromatic nitrogens is 2. The fourth-order valence-electron chi connectivity index (χ4n) is 1.98. The average Bonchev–Trinajstić information content (AvgIpc) is 2.65. The third-order valence-corrected chi connectivity index (χ3v) is 3.66. The lowest BCUT2D eigenvalue weighted by Crippen LogP contribution is -2.03. The molecule has 19 heavy (non-hydrogen) atoms. The van der Waals surface area contributed by atoms with E-state index < -0.39 is 0 Å². The summed E-state index contributed by atoms with van der Waals surface area (Å²) in [7, 11) is 0. The molecule has 0 fully saturated rings. The molecule has 0 spiro atoms. The van der Waals surface area contributed by atoms with E-state index in [0.717, 1.165) is 0 Å². The Morgan fingerprint density at radius 1 is 1.05 bits per heavy atom. The second kappa shape index (κ2) is 4.44. The van der Waals surface area contributed by atoms with Crippen LogP contribution < -0.4 is 5.73 Å². The predicted octanol–water partition coefficient (Wildman–Crippen LogP) is 3.49. The highest BCUT2D eigenvalue weighted by Gasteiger charge is 2.13. The number of imidazole rings is 1. The summed E-state index contributed by atoms with van der Waals surface area (Å²) in [6, 6.07) is 8.57. The Morgan fingerprint density at radius 3 is 2.47 bits per heavy atom. The van der Waals surface area contributed by atoms with Crippen LogP contribution in [0.3, 0.4) is 0 Å². The summed E-state index contributed by atoms with van der Waals surface area (Å²) in [4.78, 5) is 4.17. The van der Waals surface area contributed by atoms with Crippen molar-refractivity contribution in [2.75, 3.05) is 5.73 Å². The highest BCUT2D eigenvalue weighted by atomic mass is 127.